The number of furan rings is 1. The largest absolute Gasteiger partial charge is 0.463 e. The highest BCUT2D eigenvalue weighted by molar-refractivity contribution is 7.76. The highest BCUT2D eigenvalue weighted by atomic mass is 32.2. The number of carbonyl (C=O) groups excluding carboxylic acids is 2. The summed E-state index contributed by atoms with van der Waals surface area (Å²) >= 11 is -2.21. The Labute approximate surface area is 224 Å². The molecule has 2 heterocycles. The number of aryl methyl sites for hydroxylation is 1. The molecule has 1 aliphatic rings. The maximum absolute atomic E-state index is 12.9. The SMILES string of the molecule is CCOC(=O)/C=C/CCCN(Cc1nc2oc(-c3ccc(C)cc3)c(C(=O)NC)c2cc1C1CC1)S(=O)O. The molecule has 0 radical (unpaired) electrons. The van der Waals surface area contributed by atoms with E-state index in [4.69, 9.17) is 14.1 Å². The van der Waals surface area contributed by atoms with Crippen LogP contribution in [0.3, 0.4) is 0 Å². The fraction of sp³-hybridized carbons (Fsp3) is 0.393. The third-order valence-electron chi connectivity index (χ3n) is 6.45. The molecule has 1 aromatic carbocycles. The summed E-state index contributed by atoms with van der Waals surface area (Å²) in [4.78, 5) is 29.2. The first-order valence-electron chi connectivity index (χ1n) is 12.8. The Hall–Kier alpha value is -3.34. The van der Waals surface area contributed by atoms with Crippen molar-refractivity contribution < 1.29 is 27.5 Å². The number of carbonyl (C=O) groups is 2. The maximum atomic E-state index is 12.9. The van der Waals surface area contributed by atoms with Crippen molar-refractivity contribution in [2.45, 2.75) is 52.0 Å². The highest BCUT2D eigenvalue weighted by Crippen LogP contribution is 2.44. The summed E-state index contributed by atoms with van der Waals surface area (Å²) in [5.41, 5.74) is 4.25. The van der Waals surface area contributed by atoms with Crippen LogP contribution in [0.5, 0.6) is 0 Å². The number of nitrogens with one attached hydrogen (secondary N) is 1. The summed E-state index contributed by atoms with van der Waals surface area (Å²) in [6, 6.07) is 9.70. The lowest BCUT2D eigenvalue weighted by molar-refractivity contribution is -0.137. The van der Waals surface area contributed by atoms with Crippen molar-refractivity contribution in [2.24, 2.45) is 0 Å². The topological polar surface area (TPSA) is 122 Å². The van der Waals surface area contributed by atoms with Crippen LogP contribution in [0.1, 0.15) is 65.7 Å². The van der Waals surface area contributed by atoms with Gasteiger partial charge in [0, 0.05) is 25.2 Å². The number of ether oxygens (including phenoxy) is 1. The van der Waals surface area contributed by atoms with E-state index in [2.05, 4.69) is 5.32 Å². The van der Waals surface area contributed by atoms with Crippen LogP contribution in [0.4, 0.5) is 0 Å². The number of aromatic nitrogens is 1. The number of benzene rings is 1. The molecule has 1 unspecified atom stereocenters. The van der Waals surface area contributed by atoms with Gasteiger partial charge in [-0.2, -0.15) is 4.31 Å². The van der Waals surface area contributed by atoms with Crippen molar-refractivity contribution >= 4 is 34.2 Å². The zero-order valence-electron chi connectivity index (χ0n) is 21.9. The van der Waals surface area contributed by atoms with Crippen molar-refractivity contribution in [3.8, 4) is 11.3 Å². The van der Waals surface area contributed by atoms with Crippen molar-refractivity contribution in [3.63, 3.8) is 0 Å². The van der Waals surface area contributed by atoms with Gasteiger partial charge in [-0.25, -0.2) is 14.0 Å². The van der Waals surface area contributed by atoms with Crippen LogP contribution in [-0.2, 0) is 27.3 Å². The van der Waals surface area contributed by atoms with Gasteiger partial charge in [0.15, 0.2) is 0 Å². The molecule has 3 aromatic rings. The van der Waals surface area contributed by atoms with E-state index < -0.39 is 17.2 Å². The Morgan fingerprint density at radius 1 is 1.29 bits per heavy atom. The Morgan fingerprint density at radius 2 is 2.03 bits per heavy atom. The van der Waals surface area contributed by atoms with Gasteiger partial charge in [0.25, 0.3) is 5.91 Å². The number of unbranched alkanes of at least 4 members (excludes halogenated alkanes) is 1. The molecular formula is C28H33N3O6S. The summed E-state index contributed by atoms with van der Waals surface area (Å²) in [5.74, 6) is 0.0752. The number of amides is 1. The molecule has 38 heavy (non-hydrogen) atoms. The highest BCUT2D eigenvalue weighted by Gasteiger charge is 2.31. The first kappa shape index (κ1) is 27.7. The lowest BCUT2D eigenvalue weighted by Crippen LogP contribution is -2.27. The van der Waals surface area contributed by atoms with Crippen LogP contribution in [0.2, 0.25) is 0 Å². The molecule has 0 saturated heterocycles. The van der Waals surface area contributed by atoms with E-state index in [1.807, 2.05) is 37.3 Å². The number of pyridine rings is 1. The molecule has 202 valence electrons. The molecule has 1 amide bonds. The summed E-state index contributed by atoms with van der Waals surface area (Å²) in [5, 5.41) is 3.34. The lowest BCUT2D eigenvalue weighted by atomic mass is 10.0. The third-order valence-corrected chi connectivity index (χ3v) is 7.20. The van der Waals surface area contributed by atoms with Crippen LogP contribution in [-0.4, -0.2) is 50.1 Å². The normalized spacial score (nSPS) is 14.3. The van der Waals surface area contributed by atoms with Gasteiger partial charge in [-0.3, -0.25) is 9.35 Å². The summed E-state index contributed by atoms with van der Waals surface area (Å²) < 4.78 is 34.6. The van der Waals surface area contributed by atoms with Crippen LogP contribution in [0.25, 0.3) is 22.4 Å². The molecule has 10 heteroatoms. The van der Waals surface area contributed by atoms with E-state index in [9.17, 15) is 18.4 Å². The smallest absolute Gasteiger partial charge is 0.330 e. The van der Waals surface area contributed by atoms with Crippen molar-refractivity contribution in [1.29, 1.82) is 0 Å². The predicted octanol–water partition coefficient (Wildman–Crippen LogP) is 4.88. The first-order chi connectivity index (χ1) is 18.3. The van der Waals surface area contributed by atoms with Crippen LogP contribution in [0, 0.1) is 6.92 Å². The molecule has 2 N–H and O–H groups in total. The fourth-order valence-corrected chi connectivity index (χ4v) is 4.86. The number of rotatable bonds is 12. The Balaban J connectivity index is 1.64. The monoisotopic (exact) mass is 539 g/mol. The molecule has 1 saturated carbocycles. The summed E-state index contributed by atoms with van der Waals surface area (Å²) in [6.45, 7) is 4.53. The second-order valence-corrected chi connectivity index (χ2v) is 10.3. The number of hydrogen-bond donors (Lipinski definition) is 2. The van der Waals surface area contributed by atoms with Crippen molar-refractivity contribution in [2.75, 3.05) is 20.2 Å². The van der Waals surface area contributed by atoms with E-state index in [0.29, 0.717) is 60.0 Å². The second kappa shape index (κ2) is 12.5. The van der Waals surface area contributed by atoms with Crippen LogP contribution < -0.4 is 5.32 Å². The minimum Gasteiger partial charge on any atom is -0.463 e. The number of esters is 1. The average molecular weight is 540 g/mol. The maximum Gasteiger partial charge on any atom is 0.330 e. The number of fused-ring (bicyclic) bond motifs is 1. The van der Waals surface area contributed by atoms with Crippen molar-refractivity contribution in [1.82, 2.24) is 14.6 Å². The average Bonchev–Trinajstić information content (AvgIpc) is 3.67. The standard InChI is InChI=1S/C28H33N3O6S/c1-4-36-24(32)8-6-5-7-15-31(38(34)35)17-23-21(19-13-14-19)16-22-25(27(33)29-3)26(37-28(22)30-23)20-11-9-18(2)10-12-20/h6,8-12,16,19H,4-5,7,13-15,17H2,1-3H3,(H,29,33)(H,34,35)/b8-6+. The summed E-state index contributed by atoms with van der Waals surface area (Å²) in [7, 11) is 1.58. The summed E-state index contributed by atoms with van der Waals surface area (Å²) in [6.07, 6.45) is 6.20. The van der Waals surface area contributed by atoms with Gasteiger partial charge >= 0.3 is 5.97 Å². The van der Waals surface area contributed by atoms with Crippen LogP contribution in [0.15, 0.2) is 46.9 Å². The van der Waals surface area contributed by atoms with Gasteiger partial charge in [0.05, 0.1) is 29.8 Å². The van der Waals surface area contributed by atoms with Crippen LogP contribution >= 0.6 is 0 Å². The van der Waals surface area contributed by atoms with E-state index in [1.165, 1.54) is 10.4 Å². The molecular weight excluding hydrogens is 506 g/mol. The number of allylic oxidation sites excluding steroid dienone is 1. The molecule has 1 aliphatic carbocycles. The molecule has 1 atom stereocenters. The minimum absolute atomic E-state index is 0.155. The number of hydrogen-bond acceptors (Lipinski definition) is 6. The van der Waals surface area contributed by atoms with E-state index in [-0.39, 0.29) is 12.5 Å². The fourth-order valence-electron chi connectivity index (χ4n) is 4.34. The van der Waals surface area contributed by atoms with Gasteiger partial charge in [-0.05, 0) is 57.1 Å². The molecule has 0 aliphatic heterocycles. The Bertz CT molecular complexity index is 1360. The quantitative estimate of drug-likeness (QED) is 0.146. The molecule has 0 bridgehead atoms. The van der Waals surface area contributed by atoms with Gasteiger partial charge in [-0.1, -0.05) is 35.9 Å². The molecule has 2 aromatic heterocycles. The van der Waals surface area contributed by atoms with Gasteiger partial charge < -0.3 is 14.5 Å². The predicted molar refractivity (Wildman–Crippen MR) is 146 cm³/mol. The van der Waals surface area contributed by atoms with Gasteiger partial charge in [0.2, 0.25) is 17.0 Å². The zero-order chi connectivity index (χ0) is 27.2. The molecule has 4 rings (SSSR count). The van der Waals surface area contributed by atoms with E-state index in [1.54, 1.807) is 20.0 Å². The molecule has 9 nitrogen and oxygen atoms in total. The Kier molecular flexibility index (Phi) is 9.09. The van der Waals surface area contributed by atoms with Gasteiger partial charge in [-0.15, -0.1) is 0 Å². The second-order valence-electron chi connectivity index (χ2n) is 9.29. The minimum atomic E-state index is -2.21. The van der Waals surface area contributed by atoms with Gasteiger partial charge in [0.1, 0.15) is 5.76 Å². The lowest BCUT2D eigenvalue weighted by Gasteiger charge is -2.18. The van der Waals surface area contributed by atoms with E-state index in [0.717, 1.165) is 29.5 Å². The Morgan fingerprint density at radius 3 is 2.66 bits per heavy atom. The number of nitrogens with zero attached hydrogens (tertiary/aromatic N) is 2. The first-order valence-corrected chi connectivity index (χ1v) is 13.8. The molecule has 1 fully saturated rings. The molecule has 0 spiro atoms. The van der Waals surface area contributed by atoms with E-state index >= 15 is 0 Å². The third kappa shape index (κ3) is 6.56. The van der Waals surface area contributed by atoms with Crippen molar-refractivity contribution in [3.05, 3.63) is 64.9 Å². The zero-order valence-corrected chi connectivity index (χ0v) is 22.7.